The highest BCUT2D eigenvalue weighted by molar-refractivity contribution is 5.79. The summed E-state index contributed by atoms with van der Waals surface area (Å²) in [5.41, 5.74) is -0.761. The maximum Gasteiger partial charge on any atom is 0.311 e. The van der Waals surface area contributed by atoms with Crippen LogP contribution in [0, 0.1) is 11.3 Å². The molecule has 2 fully saturated rings. The van der Waals surface area contributed by atoms with Crippen LogP contribution in [0.2, 0.25) is 0 Å². The first-order chi connectivity index (χ1) is 9.01. The lowest BCUT2D eigenvalue weighted by molar-refractivity contribution is -0.153. The first-order valence-corrected chi connectivity index (χ1v) is 7.23. The molecule has 0 saturated carbocycles. The average Bonchev–Trinajstić information content (AvgIpc) is 2.89. The van der Waals surface area contributed by atoms with Gasteiger partial charge in [0, 0.05) is 19.5 Å². The summed E-state index contributed by atoms with van der Waals surface area (Å²) in [4.78, 5) is 25.2. The number of piperidine rings is 1. The molecule has 2 aliphatic rings. The maximum atomic E-state index is 12.2. The van der Waals surface area contributed by atoms with E-state index in [0.29, 0.717) is 31.8 Å². The molecule has 0 aromatic heterocycles. The number of nitrogens with one attached hydrogen (secondary N) is 1. The summed E-state index contributed by atoms with van der Waals surface area (Å²) in [6.45, 7) is 4.89. The van der Waals surface area contributed by atoms with Gasteiger partial charge in [-0.25, -0.2) is 0 Å². The Balaban J connectivity index is 1.83. The van der Waals surface area contributed by atoms with E-state index in [1.54, 1.807) is 11.8 Å². The number of rotatable bonds is 4. The van der Waals surface area contributed by atoms with Crippen molar-refractivity contribution in [2.24, 2.45) is 11.3 Å². The molecule has 0 radical (unpaired) electrons. The second-order valence-electron chi connectivity index (χ2n) is 6.18. The van der Waals surface area contributed by atoms with Gasteiger partial charge in [-0.1, -0.05) is 0 Å². The molecule has 2 saturated heterocycles. The Morgan fingerprint density at radius 1 is 1.47 bits per heavy atom. The van der Waals surface area contributed by atoms with Crippen LogP contribution in [0.4, 0.5) is 0 Å². The van der Waals surface area contributed by atoms with Crippen molar-refractivity contribution in [3.05, 3.63) is 0 Å². The highest BCUT2D eigenvalue weighted by Crippen LogP contribution is 2.30. The van der Waals surface area contributed by atoms with Gasteiger partial charge < -0.3 is 15.3 Å². The molecule has 19 heavy (non-hydrogen) atoms. The largest absolute Gasteiger partial charge is 0.481 e. The Kier molecular flexibility index (Phi) is 4.45. The number of carbonyl (C=O) groups is 2. The number of carboxylic acids is 1. The molecule has 0 bridgehead atoms. The quantitative estimate of drug-likeness (QED) is 0.801. The molecule has 2 unspecified atom stereocenters. The molecule has 0 aliphatic carbocycles. The Bertz CT molecular complexity index is 353. The molecule has 5 heteroatoms. The van der Waals surface area contributed by atoms with Crippen molar-refractivity contribution in [2.75, 3.05) is 26.2 Å². The van der Waals surface area contributed by atoms with Gasteiger partial charge in [0.25, 0.3) is 0 Å². The van der Waals surface area contributed by atoms with Gasteiger partial charge in [0.05, 0.1) is 5.41 Å². The molecule has 0 aromatic rings. The molecular formula is C14H24N2O3. The van der Waals surface area contributed by atoms with E-state index in [1.807, 2.05) is 0 Å². The van der Waals surface area contributed by atoms with Gasteiger partial charge in [-0.15, -0.1) is 0 Å². The lowest BCUT2D eigenvalue weighted by Crippen LogP contribution is -2.48. The molecule has 1 amide bonds. The zero-order valence-corrected chi connectivity index (χ0v) is 11.7. The topological polar surface area (TPSA) is 69.6 Å². The van der Waals surface area contributed by atoms with Gasteiger partial charge in [-0.2, -0.15) is 0 Å². The fourth-order valence-corrected chi connectivity index (χ4v) is 3.07. The van der Waals surface area contributed by atoms with Gasteiger partial charge in [-0.05, 0) is 51.6 Å². The molecule has 2 N–H and O–H groups in total. The molecule has 0 aromatic carbocycles. The molecule has 5 nitrogen and oxygen atoms in total. The lowest BCUT2D eigenvalue weighted by atomic mass is 9.82. The number of hydrogen-bond donors (Lipinski definition) is 2. The van der Waals surface area contributed by atoms with Gasteiger partial charge in [0.1, 0.15) is 0 Å². The van der Waals surface area contributed by atoms with Crippen LogP contribution >= 0.6 is 0 Å². The first-order valence-electron chi connectivity index (χ1n) is 7.23. The average molecular weight is 268 g/mol. The van der Waals surface area contributed by atoms with Crippen molar-refractivity contribution < 1.29 is 14.7 Å². The van der Waals surface area contributed by atoms with Crippen LogP contribution in [0.15, 0.2) is 0 Å². The van der Waals surface area contributed by atoms with Gasteiger partial charge in [0.2, 0.25) is 5.91 Å². The Morgan fingerprint density at radius 2 is 2.26 bits per heavy atom. The summed E-state index contributed by atoms with van der Waals surface area (Å²) >= 11 is 0. The van der Waals surface area contributed by atoms with Crippen LogP contribution in [0.1, 0.15) is 39.0 Å². The molecule has 0 spiro atoms. The SMILES string of the molecule is CC1(C(=O)O)CCCN(C(=O)CCC2CCNC2)C1. The van der Waals surface area contributed by atoms with Crippen LogP contribution in [-0.2, 0) is 9.59 Å². The Morgan fingerprint density at radius 3 is 2.89 bits per heavy atom. The summed E-state index contributed by atoms with van der Waals surface area (Å²) in [5, 5.41) is 12.6. The highest BCUT2D eigenvalue weighted by Gasteiger charge is 2.39. The second kappa shape index (κ2) is 5.90. The predicted octanol–water partition coefficient (Wildman–Crippen LogP) is 1.09. The van der Waals surface area contributed by atoms with Crippen LogP contribution in [0.5, 0.6) is 0 Å². The lowest BCUT2D eigenvalue weighted by Gasteiger charge is -2.37. The first kappa shape index (κ1) is 14.3. The molecule has 2 aliphatic heterocycles. The second-order valence-corrected chi connectivity index (χ2v) is 6.18. The molecule has 2 atom stereocenters. The summed E-state index contributed by atoms with van der Waals surface area (Å²) in [6.07, 6.45) is 4.09. The number of nitrogens with zero attached hydrogens (tertiary/aromatic N) is 1. The standard InChI is InChI=1S/C14H24N2O3/c1-14(13(18)19)6-2-8-16(10-14)12(17)4-3-11-5-7-15-9-11/h11,15H,2-10H2,1H3,(H,18,19). The number of aliphatic carboxylic acids is 1. The highest BCUT2D eigenvalue weighted by atomic mass is 16.4. The number of likely N-dealkylation sites (tertiary alicyclic amines) is 1. The van der Waals surface area contributed by atoms with Crippen LogP contribution in [0.25, 0.3) is 0 Å². The summed E-state index contributed by atoms with van der Waals surface area (Å²) < 4.78 is 0. The van der Waals surface area contributed by atoms with Crippen molar-refractivity contribution >= 4 is 11.9 Å². The molecule has 2 heterocycles. The minimum Gasteiger partial charge on any atom is -0.481 e. The van der Waals surface area contributed by atoms with Crippen LogP contribution < -0.4 is 5.32 Å². The van der Waals surface area contributed by atoms with E-state index in [1.165, 1.54) is 0 Å². The number of amides is 1. The van der Waals surface area contributed by atoms with Gasteiger partial charge in [0.15, 0.2) is 0 Å². The van der Waals surface area contributed by atoms with Crippen LogP contribution in [0.3, 0.4) is 0 Å². The molecule has 2 rings (SSSR count). The van der Waals surface area contributed by atoms with Crippen molar-refractivity contribution in [3.8, 4) is 0 Å². The zero-order chi connectivity index (χ0) is 13.9. The number of carboxylic acid groups (broad SMARTS) is 1. The van der Waals surface area contributed by atoms with Crippen molar-refractivity contribution in [1.29, 1.82) is 0 Å². The van der Waals surface area contributed by atoms with Crippen molar-refractivity contribution in [2.45, 2.75) is 39.0 Å². The molecule has 108 valence electrons. The van der Waals surface area contributed by atoms with Gasteiger partial charge in [-0.3, -0.25) is 9.59 Å². The van der Waals surface area contributed by atoms with E-state index in [0.717, 1.165) is 32.4 Å². The Hall–Kier alpha value is -1.10. The van der Waals surface area contributed by atoms with Crippen molar-refractivity contribution in [3.63, 3.8) is 0 Å². The normalized spacial score (nSPS) is 31.4. The van der Waals surface area contributed by atoms with E-state index >= 15 is 0 Å². The van der Waals surface area contributed by atoms with E-state index in [-0.39, 0.29) is 5.91 Å². The third kappa shape index (κ3) is 3.47. The molecular weight excluding hydrogens is 244 g/mol. The van der Waals surface area contributed by atoms with Crippen LogP contribution in [-0.4, -0.2) is 48.1 Å². The predicted molar refractivity (Wildman–Crippen MR) is 71.8 cm³/mol. The van der Waals surface area contributed by atoms with E-state index in [2.05, 4.69) is 5.32 Å². The van der Waals surface area contributed by atoms with E-state index in [9.17, 15) is 14.7 Å². The monoisotopic (exact) mass is 268 g/mol. The van der Waals surface area contributed by atoms with E-state index in [4.69, 9.17) is 0 Å². The van der Waals surface area contributed by atoms with Crippen molar-refractivity contribution in [1.82, 2.24) is 10.2 Å². The third-order valence-corrected chi connectivity index (χ3v) is 4.49. The fraction of sp³-hybridized carbons (Fsp3) is 0.857. The third-order valence-electron chi connectivity index (χ3n) is 4.49. The smallest absolute Gasteiger partial charge is 0.311 e. The fourth-order valence-electron chi connectivity index (χ4n) is 3.07. The minimum atomic E-state index is -0.787. The van der Waals surface area contributed by atoms with Gasteiger partial charge >= 0.3 is 5.97 Å². The zero-order valence-electron chi connectivity index (χ0n) is 11.7. The summed E-state index contributed by atoms with van der Waals surface area (Å²) in [6, 6.07) is 0. The Labute approximate surface area is 114 Å². The van der Waals surface area contributed by atoms with E-state index < -0.39 is 11.4 Å². The number of hydrogen-bond acceptors (Lipinski definition) is 3. The summed E-state index contributed by atoms with van der Waals surface area (Å²) in [7, 11) is 0. The maximum absolute atomic E-state index is 12.2. The minimum absolute atomic E-state index is 0.124. The summed E-state index contributed by atoms with van der Waals surface area (Å²) in [5.74, 6) is -0.0522. The number of carbonyl (C=O) groups excluding carboxylic acids is 1.